The quantitative estimate of drug-likeness (QED) is 0.770. The van der Waals surface area contributed by atoms with Crippen molar-refractivity contribution in [2.45, 2.75) is 25.3 Å². The molecule has 2 rings (SSSR count). The molecule has 6 nitrogen and oxygen atoms in total. The number of carbonyl (C=O) groups excluding carboxylic acids is 1. The van der Waals surface area contributed by atoms with Gasteiger partial charge in [-0.15, -0.1) is 0 Å². The van der Waals surface area contributed by atoms with Crippen LogP contribution >= 0.6 is 0 Å². The molecule has 0 aliphatic heterocycles. The Morgan fingerprint density at radius 2 is 2.04 bits per heavy atom. The van der Waals surface area contributed by atoms with Gasteiger partial charge in [0.05, 0.1) is 6.04 Å². The maximum absolute atomic E-state index is 12.8. The Bertz CT molecular complexity index is 698. The van der Waals surface area contributed by atoms with Crippen molar-refractivity contribution in [1.82, 2.24) is 20.3 Å². The molecule has 2 aromatic heterocycles. The first-order valence-electron chi connectivity index (χ1n) is 7.11. The minimum Gasteiger partial charge on any atom is -0.471 e. The average molecular weight is 358 g/mol. The molecule has 0 saturated carbocycles. The van der Waals surface area contributed by atoms with Crippen LogP contribution in [0.4, 0.5) is 17.6 Å². The van der Waals surface area contributed by atoms with E-state index in [1.54, 1.807) is 6.92 Å². The molecule has 0 saturated heterocycles. The highest BCUT2D eigenvalue weighted by Crippen LogP contribution is 2.24. The predicted molar refractivity (Wildman–Crippen MR) is 78.6 cm³/mol. The van der Waals surface area contributed by atoms with E-state index in [1.165, 1.54) is 36.9 Å². The van der Waals surface area contributed by atoms with Crippen LogP contribution in [0, 0.1) is 0 Å². The van der Waals surface area contributed by atoms with E-state index >= 15 is 0 Å². The van der Waals surface area contributed by atoms with Gasteiger partial charge >= 0.3 is 12.3 Å². The van der Waals surface area contributed by atoms with Gasteiger partial charge in [0.2, 0.25) is 5.88 Å². The summed E-state index contributed by atoms with van der Waals surface area (Å²) in [5.41, 5.74) is 0.749. The minimum atomic E-state index is -4.25. The maximum Gasteiger partial charge on any atom is 0.340 e. The fourth-order valence-electron chi connectivity index (χ4n) is 1.75. The first kappa shape index (κ1) is 18.6. The number of amides is 1. The Morgan fingerprint density at radius 3 is 2.60 bits per heavy atom. The molecule has 0 radical (unpaired) electrons. The number of aromatic nitrogens is 3. The Hall–Kier alpha value is -2.78. The van der Waals surface area contributed by atoms with Gasteiger partial charge in [0.25, 0.3) is 5.91 Å². The number of hydrogen-bond acceptors (Lipinski definition) is 5. The zero-order valence-electron chi connectivity index (χ0n) is 13.0. The smallest absolute Gasteiger partial charge is 0.340 e. The lowest BCUT2D eigenvalue weighted by atomic mass is 10.1. The second-order valence-corrected chi connectivity index (χ2v) is 5.07. The van der Waals surface area contributed by atoms with Crippen LogP contribution < -0.4 is 10.1 Å². The van der Waals surface area contributed by atoms with Crippen molar-refractivity contribution >= 4 is 5.91 Å². The van der Waals surface area contributed by atoms with Crippen LogP contribution in [0.15, 0.2) is 36.9 Å². The molecule has 134 valence electrons. The molecule has 0 spiro atoms. The van der Waals surface area contributed by atoms with Gasteiger partial charge in [-0.05, 0) is 18.6 Å². The lowest BCUT2D eigenvalue weighted by Gasteiger charge is -2.16. The number of rotatable bonds is 7. The molecule has 2 aromatic rings. The summed E-state index contributed by atoms with van der Waals surface area (Å²) in [5, 5.41) is 2.67. The Morgan fingerprint density at radius 1 is 1.28 bits per heavy atom. The van der Waals surface area contributed by atoms with Gasteiger partial charge in [-0.1, -0.05) is 6.07 Å². The summed E-state index contributed by atoms with van der Waals surface area (Å²) in [4.78, 5) is 23.3. The second kappa shape index (κ2) is 7.86. The molecule has 1 amide bonds. The summed E-state index contributed by atoms with van der Waals surface area (Å²) in [5.74, 6) is -4.90. The highest BCUT2D eigenvalue weighted by Gasteiger charge is 2.41. The third kappa shape index (κ3) is 5.10. The molecule has 1 unspecified atom stereocenters. The molecule has 0 aliphatic rings. The molecule has 2 heterocycles. The van der Waals surface area contributed by atoms with Crippen molar-refractivity contribution in [2.75, 3.05) is 6.61 Å². The highest BCUT2D eigenvalue weighted by atomic mass is 19.3. The molecular weight excluding hydrogens is 344 g/mol. The summed E-state index contributed by atoms with van der Waals surface area (Å²) < 4.78 is 54.2. The first-order valence-corrected chi connectivity index (χ1v) is 7.11. The molecule has 0 fully saturated rings. The van der Waals surface area contributed by atoms with Crippen LogP contribution in [0.25, 0.3) is 0 Å². The van der Waals surface area contributed by atoms with E-state index < -0.39 is 30.9 Å². The molecule has 0 bridgehead atoms. The van der Waals surface area contributed by atoms with Crippen LogP contribution in [0.3, 0.4) is 0 Å². The van der Waals surface area contributed by atoms with Gasteiger partial charge in [0, 0.05) is 18.5 Å². The maximum atomic E-state index is 12.8. The summed E-state index contributed by atoms with van der Waals surface area (Å²) in [6.45, 7) is 0.207. The molecule has 0 aliphatic carbocycles. The largest absolute Gasteiger partial charge is 0.471 e. The molecule has 0 aromatic carbocycles. The van der Waals surface area contributed by atoms with Crippen LogP contribution in [-0.4, -0.2) is 39.8 Å². The van der Waals surface area contributed by atoms with E-state index in [0.29, 0.717) is 5.56 Å². The van der Waals surface area contributed by atoms with Crippen molar-refractivity contribution in [3.63, 3.8) is 0 Å². The Kier molecular flexibility index (Phi) is 5.84. The number of halogens is 4. The van der Waals surface area contributed by atoms with Crippen molar-refractivity contribution in [2.24, 2.45) is 0 Å². The van der Waals surface area contributed by atoms with E-state index in [-0.39, 0.29) is 11.6 Å². The molecule has 1 N–H and O–H groups in total. The van der Waals surface area contributed by atoms with Gasteiger partial charge in [-0.3, -0.25) is 4.79 Å². The monoisotopic (exact) mass is 358 g/mol. The summed E-state index contributed by atoms with van der Waals surface area (Å²) in [7, 11) is 0. The lowest BCUT2D eigenvalue weighted by Crippen LogP contribution is -2.33. The van der Waals surface area contributed by atoms with Crippen LogP contribution in [0.2, 0.25) is 0 Å². The molecule has 1 atom stereocenters. The highest BCUT2D eigenvalue weighted by molar-refractivity contribution is 5.92. The Balaban J connectivity index is 1.94. The van der Waals surface area contributed by atoms with Crippen molar-refractivity contribution in [1.29, 1.82) is 0 Å². The van der Waals surface area contributed by atoms with E-state index in [4.69, 9.17) is 0 Å². The number of nitrogens with one attached hydrogen (secondary N) is 1. The van der Waals surface area contributed by atoms with Gasteiger partial charge < -0.3 is 10.1 Å². The van der Waals surface area contributed by atoms with Crippen LogP contribution in [0.1, 0.15) is 29.0 Å². The fourth-order valence-corrected chi connectivity index (χ4v) is 1.75. The van der Waals surface area contributed by atoms with Crippen molar-refractivity contribution in [3.8, 4) is 5.88 Å². The van der Waals surface area contributed by atoms with Crippen molar-refractivity contribution in [3.05, 3.63) is 48.2 Å². The van der Waals surface area contributed by atoms with E-state index in [1.807, 2.05) is 0 Å². The summed E-state index contributed by atoms with van der Waals surface area (Å²) >= 11 is 0. The second-order valence-electron chi connectivity index (χ2n) is 5.07. The van der Waals surface area contributed by atoms with E-state index in [9.17, 15) is 22.4 Å². The lowest BCUT2D eigenvalue weighted by molar-refractivity contribution is -0.148. The molecular formula is C15H14F4N4O2. The minimum absolute atomic E-state index is 0.184. The van der Waals surface area contributed by atoms with Gasteiger partial charge in [-0.25, -0.2) is 23.7 Å². The summed E-state index contributed by atoms with van der Waals surface area (Å²) in [6, 6.07) is 3.73. The number of ether oxygens (including phenoxy) is 1. The topological polar surface area (TPSA) is 77.0 Å². The standard InChI is InChI=1S/C15H14F4N4O2/c1-9(23-13(24)11-4-5-20-8-22-11)10-2-3-12(21-6-10)25-7-15(18,19)14(16)17/h2-6,8-9,14H,7H2,1H3,(H,23,24). The fraction of sp³-hybridized carbons (Fsp3) is 0.333. The summed E-state index contributed by atoms with van der Waals surface area (Å²) in [6.07, 6.45) is 0.141. The number of hydrogen-bond donors (Lipinski definition) is 1. The molecule has 25 heavy (non-hydrogen) atoms. The van der Waals surface area contributed by atoms with Crippen LogP contribution in [0.5, 0.6) is 5.88 Å². The van der Waals surface area contributed by atoms with E-state index in [0.717, 1.165) is 0 Å². The first-order chi connectivity index (χ1) is 11.8. The third-order valence-electron chi connectivity index (χ3n) is 3.15. The third-order valence-corrected chi connectivity index (χ3v) is 3.15. The molecule has 10 heteroatoms. The average Bonchev–Trinajstić information content (AvgIpc) is 2.61. The van der Waals surface area contributed by atoms with E-state index in [2.05, 4.69) is 25.0 Å². The van der Waals surface area contributed by atoms with Gasteiger partial charge in [0.15, 0.2) is 6.61 Å². The number of pyridine rings is 1. The zero-order chi connectivity index (χ0) is 18.4. The normalized spacial score (nSPS) is 12.7. The van der Waals surface area contributed by atoms with Gasteiger partial charge in [-0.2, -0.15) is 8.78 Å². The SMILES string of the molecule is CC(NC(=O)c1ccncn1)c1ccc(OCC(F)(F)C(F)F)nc1. The van der Waals surface area contributed by atoms with Crippen molar-refractivity contribution < 1.29 is 27.1 Å². The van der Waals surface area contributed by atoms with Gasteiger partial charge in [0.1, 0.15) is 12.0 Å². The number of alkyl halides is 4. The zero-order valence-corrected chi connectivity index (χ0v) is 13.0. The number of carbonyl (C=O) groups is 1. The Labute approximate surface area is 140 Å². The van der Waals surface area contributed by atoms with Crippen LogP contribution in [-0.2, 0) is 0 Å². The number of nitrogens with zero attached hydrogens (tertiary/aromatic N) is 3. The predicted octanol–water partition coefficient (Wildman–Crippen LogP) is 2.64.